The van der Waals surface area contributed by atoms with Gasteiger partial charge in [-0.05, 0) is 42.7 Å². The summed E-state index contributed by atoms with van der Waals surface area (Å²) in [5.74, 6) is 1.47. The van der Waals surface area contributed by atoms with Gasteiger partial charge >= 0.3 is 0 Å². The summed E-state index contributed by atoms with van der Waals surface area (Å²) in [6.07, 6.45) is 5.66. The maximum atomic E-state index is 13.0. The number of nitrogens with one attached hydrogen (secondary N) is 2. The molecule has 1 aliphatic carbocycles. The number of aliphatic imine (C=N–C) groups is 1. The normalized spacial score (nSPS) is 14.9. The number of hydrogen-bond donors (Lipinski definition) is 2. The predicted octanol–water partition coefficient (Wildman–Crippen LogP) is 3.94. The van der Waals surface area contributed by atoms with Crippen LogP contribution in [0, 0.1) is 11.2 Å². The number of carbonyl (C=O) groups is 1. The van der Waals surface area contributed by atoms with Gasteiger partial charge in [0.05, 0.1) is 5.41 Å². The lowest BCUT2D eigenvalue weighted by atomic mass is 9.84. The first-order chi connectivity index (χ1) is 14.9. The van der Waals surface area contributed by atoms with Crippen LogP contribution in [-0.2, 0) is 11.3 Å². The van der Waals surface area contributed by atoms with Crippen LogP contribution in [-0.4, -0.2) is 49.4 Å². The van der Waals surface area contributed by atoms with Crippen molar-refractivity contribution in [2.75, 3.05) is 27.7 Å². The van der Waals surface area contributed by atoms with Crippen molar-refractivity contribution in [1.82, 2.24) is 20.5 Å². The van der Waals surface area contributed by atoms with E-state index in [0.717, 1.165) is 31.2 Å². The van der Waals surface area contributed by atoms with E-state index in [1.807, 2.05) is 20.2 Å². The first-order valence-electron chi connectivity index (χ1n) is 10.5. The first kappa shape index (κ1) is 25.8. The molecular formula is C23H31FIN5O2. The Morgan fingerprint density at radius 2 is 1.84 bits per heavy atom. The summed E-state index contributed by atoms with van der Waals surface area (Å²) in [5.41, 5.74) is 0.594. The molecule has 174 valence electrons. The number of guanidine groups is 1. The Morgan fingerprint density at radius 3 is 2.41 bits per heavy atom. The van der Waals surface area contributed by atoms with Gasteiger partial charge in [0.2, 0.25) is 11.8 Å². The standard InChI is InChI=1S/C23H30FN5O2.HI/c1-25-22(28-16-23(12-4-5-13-23)21(30)29(2)3)27-15-17-6-11-20(26-14-17)31-19-9-7-18(24)8-10-19;/h6-11,14H,4-5,12-13,15-16H2,1-3H3,(H2,25,27,28);1H. The molecule has 1 fully saturated rings. The van der Waals surface area contributed by atoms with Gasteiger partial charge in [0, 0.05) is 46.5 Å². The molecule has 0 radical (unpaired) electrons. The summed E-state index contributed by atoms with van der Waals surface area (Å²) >= 11 is 0. The van der Waals surface area contributed by atoms with E-state index in [9.17, 15) is 9.18 Å². The zero-order chi connectivity index (χ0) is 22.3. The fourth-order valence-corrected chi connectivity index (χ4v) is 3.85. The van der Waals surface area contributed by atoms with Gasteiger partial charge in [-0.15, -0.1) is 24.0 Å². The number of ether oxygens (including phenoxy) is 1. The largest absolute Gasteiger partial charge is 0.439 e. The van der Waals surface area contributed by atoms with E-state index in [0.29, 0.717) is 30.7 Å². The first-order valence-corrected chi connectivity index (χ1v) is 10.5. The Morgan fingerprint density at radius 1 is 1.16 bits per heavy atom. The molecule has 1 saturated carbocycles. The van der Waals surface area contributed by atoms with E-state index >= 15 is 0 Å². The summed E-state index contributed by atoms with van der Waals surface area (Å²) in [6, 6.07) is 9.46. The van der Waals surface area contributed by atoms with Crippen LogP contribution in [0.2, 0.25) is 0 Å². The molecule has 0 unspecified atom stereocenters. The highest BCUT2D eigenvalue weighted by Crippen LogP contribution is 2.38. The van der Waals surface area contributed by atoms with Crippen LogP contribution in [0.25, 0.3) is 0 Å². The van der Waals surface area contributed by atoms with Crippen LogP contribution in [0.3, 0.4) is 0 Å². The zero-order valence-corrected chi connectivity index (χ0v) is 21.1. The average Bonchev–Trinajstić information content (AvgIpc) is 3.26. The SMILES string of the molecule is CN=C(NCc1ccc(Oc2ccc(F)cc2)nc1)NCC1(C(=O)N(C)C)CCCC1.I. The van der Waals surface area contributed by atoms with Crippen LogP contribution < -0.4 is 15.4 Å². The van der Waals surface area contributed by atoms with Crippen molar-refractivity contribution in [3.8, 4) is 11.6 Å². The van der Waals surface area contributed by atoms with E-state index in [1.165, 1.54) is 12.1 Å². The topological polar surface area (TPSA) is 78.9 Å². The molecule has 9 heteroatoms. The van der Waals surface area contributed by atoms with Gasteiger partial charge in [-0.3, -0.25) is 9.79 Å². The zero-order valence-electron chi connectivity index (χ0n) is 18.7. The van der Waals surface area contributed by atoms with Gasteiger partial charge < -0.3 is 20.3 Å². The highest BCUT2D eigenvalue weighted by Gasteiger charge is 2.42. The lowest BCUT2D eigenvalue weighted by Gasteiger charge is -2.31. The molecule has 1 aromatic heterocycles. The quantitative estimate of drug-likeness (QED) is 0.308. The van der Waals surface area contributed by atoms with Gasteiger partial charge in [-0.25, -0.2) is 9.37 Å². The number of carbonyl (C=O) groups excluding carboxylic acids is 1. The maximum Gasteiger partial charge on any atom is 0.230 e. The Balaban J connectivity index is 0.00000363. The lowest BCUT2D eigenvalue weighted by Crippen LogP contribution is -2.49. The third-order valence-electron chi connectivity index (χ3n) is 5.53. The summed E-state index contributed by atoms with van der Waals surface area (Å²) in [6.45, 7) is 1.09. The number of hydrogen-bond acceptors (Lipinski definition) is 4. The van der Waals surface area contributed by atoms with E-state index in [1.54, 1.807) is 36.3 Å². The van der Waals surface area contributed by atoms with Gasteiger partial charge in [-0.1, -0.05) is 18.9 Å². The minimum Gasteiger partial charge on any atom is -0.439 e. The van der Waals surface area contributed by atoms with E-state index in [4.69, 9.17) is 4.74 Å². The fourth-order valence-electron chi connectivity index (χ4n) is 3.85. The van der Waals surface area contributed by atoms with Crippen molar-refractivity contribution < 1.29 is 13.9 Å². The smallest absolute Gasteiger partial charge is 0.230 e. The monoisotopic (exact) mass is 555 g/mol. The summed E-state index contributed by atoms with van der Waals surface area (Å²) in [4.78, 5) is 23.0. The lowest BCUT2D eigenvalue weighted by molar-refractivity contribution is -0.138. The number of aromatic nitrogens is 1. The number of amides is 1. The van der Waals surface area contributed by atoms with Gasteiger partial charge in [0.1, 0.15) is 11.6 Å². The molecule has 2 aromatic rings. The third kappa shape index (κ3) is 6.78. The second-order valence-electron chi connectivity index (χ2n) is 8.03. The van der Waals surface area contributed by atoms with Crippen molar-refractivity contribution >= 4 is 35.8 Å². The molecule has 0 bridgehead atoms. The van der Waals surface area contributed by atoms with Crippen LogP contribution in [0.1, 0.15) is 31.2 Å². The van der Waals surface area contributed by atoms with Gasteiger partial charge in [0.15, 0.2) is 5.96 Å². The number of pyridine rings is 1. The molecular weight excluding hydrogens is 524 g/mol. The molecule has 3 rings (SSSR count). The van der Waals surface area contributed by atoms with E-state index in [2.05, 4.69) is 20.6 Å². The van der Waals surface area contributed by atoms with E-state index in [-0.39, 0.29) is 41.1 Å². The molecule has 1 aromatic carbocycles. The molecule has 32 heavy (non-hydrogen) atoms. The Kier molecular flexibility index (Phi) is 9.67. The molecule has 1 aliphatic rings. The molecule has 2 N–H and O–H groups in total. The molecule has 0 aliphatic heterocycles. The van der Waals surface area contributed by atoms with Crippen molar-refractivity contribution in [3.05, 3.63) is 54.0 Å². The van der Waals surface area contributed by atoms with Crippen molar-refractivity contribution in [1.29, 1.82) is 0 Å². The molecule has 1 amide bonds. The minimum absolute atomic E-state index is 0. The van der Waals surface area contributed by atoms with Crippen LogP contribution in [0.15, 0.2) is 47.6 Å². The number of nitrogens with zero attached hydrogens (tertiary/aromatic N) is 3. The molecule has 7 nitrogen and oxygen atoms in total. The summed E-state index contributed by atoms with van der Waals surface area (Å²) in [5, 5.41) is 6.58. The number of rotatable bonds is 7. The van der Waals surface area contributed by atoms with Crippen molar-refractivity contribution in [3.63, 3.8) is 0 Å². The highest BCUT2D eigenvalue weighted by atomic mass is 127. The molecule has 0 saturated heterocycles. The van der Waals surface area contributed by atoms with Crippen LogP contribution in [0.5, 0.6) is 11.6 Å². The Bertz CT molecular complexity index is 898. The summed E-state index contributed by atoms with van der Waals surface area (Å²) < 4.78 is 18.6. The minimum atomic E-state index is -0.359. The highest BCUT2D eigenvalue weighted by molar-refractivity contribution is 14.0. The van der Waals surface area contributed by atoms with Crippen molar-refractivity contribution in [2.45, 2.75) is 32.2 Å². The summed E-state index contributed by atoms with van der Waals surface area (Å²) in [7, 11) is 5.33. The second kappa shape index (κ2) is 12.0. The molecule has 0 spiro atoms. The van der Waals surface area contributed by atoms with E-state index < -0.39 is 0 Å². The van der Waals surface area contributed by atoms with Gasteiger partial charge in [0.25, 0.3) is 0 Å². The van der Waals surface area contributed by atoms with Crippen molar-refractivity contribution in [2.24, 2.45) is 10.4 Å². The Hall–Kier alpha value is -2.43. The number of benzene rings is 1. The van der Waals surface area contributed by atoms with Gasteiger partial charge in [-0.2, -0.15) is 0 Å². The fraction of sp³-hybridized carbons (Fsp3) is 0.435. The van der Waals surface area contributed by atoms with Crippen LogP contribution in [0.4, 0.5) is 4.39 Å². The third-order valence-corrected chi connectivity index (χ3v) is 5.53. The predicted molar refractivity (Wildman–Crippen MR) is 134 cm³/mol. The van der Waals surface area contributed by atoms with Crippen LogP contribution >= 0.6 is 24.0 Å². The second-order valence-corrected chi connectivity index (χ2v) is 8.03. The molecule has 1 heterocycles. The Labute approximate surface area is 205 Å². The maximum absolute atomic E-state index is 13.0. The molecule has 0 atom stereocenters. The average molecular weight is 555 g/mol. The number of halogens is 2.